The van der Waals surface area contributed by atoms with Crippen LogP contribution >= 0.6 is 0 Å². The van der Waals surface area contributed by atoms with Crippen molar-refractivity contribution in [2.45, 2.75) is 16.7 Å². The summed E-state index contributed by atoms with van der Waals surface area (Å²) in [6, 6.07) is 0.762. The van der Waals surface area contributed by atoms with Crippen LogP contribution in [0.1, 0.15) is 58.0 Å². The first-order valence-electron chi connectivity index (χ1n) is 15.3. The van der Waals surface area contributed by atoms with Crippen molar-refractivity contribution in [3.63, 3.8) is 0 Å². The minimum Gasteiger partial charge on any atom is -0.277 e. The van der Waals surface area contributed by atoms with Gasteiger partial charge in [0.2, 0.25) is 9.84 Å². The maximum absolute atomic E-state index is 13.7. The summed E-state index contributed by atoms with van der Waals surface area (Å²) in [6.45, 7) is 1.25. The quantitative estimate of drug-likeness (QED) is 0.350. The van der Waals surface area contributed by atoms with Crippen LogP contribution in [0.2, 0.25) is 0 Å². The number of amides is 4. The van der Waals surface area contributed by atoms with Gasteiger partial charge in [0.1, 0.15) is 0 Å². The van der Waals surface area contributed by atoms with Crippen molar-refractivity contribution in [1.82, 2.24) is 4.90 Å². The summed E-state index contributed by atoms with van der Waals surface area (Å²) in [7, 11) is -3.87. The summed E-state index contributed by atoms with van der Waals surface area (Å²) in [5.74, 6) is -3.03. The van der Waals surface area contributed by atoms with Crippen LogP contribution in [0.5, 0.6) is 0 Å². The summed E-state index contributed by atoms with van der Waals surface area (Å²) >= 11 is 0. The molecule has 4 aromatic rings. The van der Waals surface area contributed by atoms with Crippen LogP contribution in [0.3, 0.4) is 0 Å². The fraction of sp³-hybridized carbons (Fsp3) is 0.0667. The predicted octanol–water partition coefficient (Wildman–Crippen LogP) is 4.52. The van der Waals surface area contributed by atoms with Crippen LogP contribution in [-0.2, 0) is 9.84 Å². The van der Waals surface area contributed by atoms with E-state index in [1.807, 2.05) is 0 Å². The van der Waals surface area contributed by atoms with Crippen molar-refractivity contribution in [3.05, 3.63) is 113 Å². The fourth-order valence-electron chi connectivity index (χ4n) is 4.30. The Kier molecular flexibility index (Phi) is 3.70. The van der Waals surface area contributed by atoms with Gasteiger partial charge >= 0.3 is 0 Å². The Bertz CT molecular complexity index is 2270. The van der Waals surface area contributed by atoms with Crippen molar-refractivity contribution in [3.8, 4) is 11.1 Å². The van der Waals surface area contributed by atoms with E-state index in [-0.39, 0.29) is 27.8 Å². The molecule has 2 aliphatic rings. The van der Waals surface area contributed by atoms with E-state index >= 15 is 0 Å². The van der Waals surface area contributed by atoms with Crippen LogP contribution in [-0.4, -0.2) is 44.0 Å². The zero-order chi connectivity index (χ0) is 34.6. The van der Waals surface area contributed by atoms with E-state index in [1.165, 1.54) is 44.3 Å². The van der Waals surface area contributed by atoms with E-state index in [0.717, 1.165) is 4.90 Å². The summed E-state index contributed by atoms with van der Waals surface area (Å²) in [5, 5.41) is 0. The molecule has 9 heteroatoms. The topological polar surface area (TPSA) is 109 Å². The van der Waals surface area contributed by atoms with Gasteiger partial charge in [-0.15, -0.1) is 0 Å². The van der Waals surface area contributed by atoms with E-state index in [4.69, 9.17) is 11.0 Å². The smallest absolute Gasteiger partial charge is 0.266 e. The van der Waals surface area contributed by atoms with Crippen LogP contribution in [0.15, 0.2) is 94.5 Å². The summed E-state index contributed by atoms with van der Waals surface area (Å²) in [6.07, 6.45) is 0. The molecule has 0 aliphatic carbocycles. The third kappa shape index (κ3) is 3.70. The van der Waals surface area contributed by atoms with Gasteiger partial charge in [0.15, 0.2) is 0 Å². The molecule has 0 fully saturated rings. The second kappa shape index (κ2) is 8.57. The lowest BCUT2D eigenvalue weighted by atomic mass is 9.97. The third-order valence-corrected chi connectivity index (χ3v) is 7.87. The summed E-state index contributed by atoms with van der Waals surface area (Å²) in [4.78, 5) is 50.8. The zero-order valence-corrected chi connectivity index (χ0v) is 21.0. The number of nitrogens with zero attached hydrogens (tertiary/aromatic N) is 2. The normalized spacial score (nSPS) is 17.6. The fourth-order valence-corrected chi connectivity index (χ4v) is 5.25. The Morgan fingerprint density at radius 1 is 0.615 bits per heavy atom. The van der Waals surface area contributed by atoms with Gasteiger partial charge in [0.25, 0.3) is 23.6 Å². The Hall–Kier alpha value is -4.89. The molecule has 0 bridgehead atoms. The first-order chi connectivity index (χ1) is 21.9. The third-order valence-electron chi connectivity index (χ3n) is 6.39. The molecule has 39 heavy (non-hydrogen) atoms. The lowest BCUT2D eigenvalue weighted by Crippen LogP contribution is -2.29. The predicted molar refractivity (Wildman–Crippen MR) is 143 cm³/mol. The van der Waals surface area contributed by atoms with Crippen LogP contribution in [0.4, 0.5) is 5.69 Å². The average molecular weight is 545 g/mol. The lowest BCUT2D eigenvalue weighted by molar-refractivity contribution is 0.0692. The Morgan fingerprint density at radius 2 is 1.05 bits per heavy atom. The molecule has 8 nitrogen and oxygen atoms in total. The second-order valence-electron chi connectivity index (χ2n) is 8.77. The van der Waals surface area contributed by atoms with E-state index in [9.17, 15) is 27.6 Å². The van der Waals surface area contributed by atoms with E-state index in [1.54, 1.807) is 6.07 Å². The maximum atomic E-state index is 13.7. The van der Waals surface area contributed by atoms with E-state index in [2.05, 4.69) is 0 Å². The minimum atomic E-state index is -5.21. The van der Waals surface area contributed by atoms with Gasteiger partial charge in [0.05, 0.1) is 48.7 Å². The Labute approximate surface area is 235 Å². The molecular weight excluding hydrogens is 516 g/mol. The Morgan fingerprint density at radius 3 is 1.62 bits per heavy atom. The molecule has 0 saturated heterocycles. The number of carbonyl (C=O) groups is 4. The standard InChI is InChI=1S/C30H20N2O6S/c1-17-3-9-21(10-4-17)39(37,38)22-11-7-20(8-12-22)32-29(35)24-14-6-19(16-26(24)30(32)36)18-5-13-23-25(15-18)28(34)31(2)27(23)33/h3-16H,1-2H3/i3D,4D,7D,8D,9D,10D,11D,12D. The largest absolute Gasteiger partial charge is 0.277 e. The van der Waals surface area contributed by atoms with E-state index in [0.29, 0.717) is 16.0 Å². The molecule has 2 aliphatic heterocycles. The molecule has 0 atom stereocenters. The van der Waals surface area contributed by atoms with Gasteiger partial charge < -0.3 is 0 Å². The highest BCUT2D eigenvalue weighted by atomic mass is 32.2. The highest BCUT2D eigenvalue weighted by Crippen LogP contribution is 2.34. The first kappa shape index (κ1) is 16.8. The van der Waals surface area contributed by atoms with Gasteiger partial charge in [-0.3, -0.25) is 24.1 Å². The molecule has 6 rings (SSSR count). The number of hydrogen-bond acceptors (Lipinski definition) is 6. The number of benzene rings is 4. The molecule has 0 N–H and O–H groups in total. The Balaban J connectivity index is 1.45. The van der Waals surface area contributed by atoms with Crippen molar-refractivity contribution >= 4 is 39.2 Å². The molecule has 0 aromatic heterocycles. The SMILES string of the molecule is [2H]c1c([2H])c(S(=O)(=O)c2c([2H])c([2H])c(N3C(=O)c4ccc(-c5ccc6c(c5)C(=O)N(C)C6=O)cc4C3=O)c([2H])c2[2H])c([2H])c([2H])c1C. The van der Waals surface area contributed by atoms with Crippen molar-refractivity contribution in [2.24, 2.45) is 0 Å². The van der Waals surface area contributed by atoms with Crippen LogP contribution < -0.4 is 4.90 Å². The number of rotatable bonds is 4. The summed E-state index contributed by atoms with van der Waals surface area (Å²) < 4.78 is 93.8. The van der Waals surface area contributed by atoms with Crippen molar-refractivity contribution in [1.29, 1.82) is 0 Å². The van der Waals surface area contributed by atoms with Gasteiger partial charge in [-0.1, -0.05) is 29.8 Å². The number of sulfone groups is 1. The minimum absolute atomic E-state index is 0.144. The lowest BCUT2D eigenvalue weighted by Gasteiger charge is -2.14. The molecule has 4 aromatic carbocycles. The molecule has 4 amide bonds. The molecule has 2 heterocycles. The van der Waals surface area contributed by atoms with Crippen molar-refractivity contribution < 1.29 is 38.6 Å². The molecule has 0 saturated carbocycles. The average Bonchev–Trinajstić information content (AvgIpc) is 3.41. The van der Waals surface area contributed by atoms with Crippen LogP contribution in [0.25, 0.3) is 11.1 Å². The van der Waals surface area contributed by atoms with Gasteiger partial charge in [0, 0.05) is 7.05 Å². The molecular formula is C30H20N2O6S. The van der Waals surface area contributed by atoms with Gasteiger partial charge in [-0.05, 0) is 78.6 Å². The second-order valence-corrected chi connectivity index (χ2v) is 10.6. The highest BCUT2D eigenvalue weighted by molar-refractivity contribution is 7.91. The molecule has 192 valence electrons. The highest BCUT2D eigenvalue weighted by Gasteiger charge is 2.37. The maximum Gasteiger partial charge on any atom is 0.266 e. The molecule has 0 spiro atoms. The first-order valence-corrected chi connectivity index (χ1v) is 12.8. The van der Waals surface area contributed by atoms with Crippen molar-refractivity contribution in [2.75, 3.05) is 11.9 Å². The summed E-state index contributed by atoms with van der Waals surface area (Å²) in [5.41, 5.74) is -0.137. The van der Waals surface area contributed by atoms with Gasteiger partial charge in [-0.25, -0.2) is 13.3 Å². The van der Waals surface area contributed by atoms with Crippen LogP contribution in [0, 0.1) is 6.92 Å². The van der Waals surface area contributed by atoms with E-state index < -0.39 is 97.3 Å². The number of fused-ring (bicyclic) bond motifs is 2. The van der Waals surface area contributed by atoms with Gasteiger partial charge in [-0.2, -0.15) is 0 Å². The monoisotopic (exact) mass is 544 g/mol. The zero-order valence-electron chi connectivity index (χ0n) is 28.2. The molecule has 0 radical (unpaired) electrons. The molecule has 0 unspecified atom stereocenters. The number of carbonyl (C=O) groups excluding carboxylic acids is 4. The number of hydrogen-bond donors (Lipinski definition) is 0. The number of anilines is 1. The number of imide groups is 2.